The molecule has 3 unspecified atom stereocenters. The quantitative estimate of drug-likeness (QED) is 0.115. The molecule has 264 valence electrons. The van der Waals surface area contributed by atoms with Crippen LogP contribution in [0.3, 0.4) is 0 Å². The summed E-state index contributed by atoms with van der Waals surface area (Å²) in [7, 11) is -27.8. The molecule has 0 rings (SSSR count). The van der Waals surface area contributed by atoms with E-state index in [-0.39, 0.29) is 0 Å². The first-order valence-electron chi connectivity index (χ1n) is 8.02. The van der Waals surface area contributed by atoms with Gasteiger partial charge in [-0.2, -0.15) is 0 Å². The molecule has 0 fully saturated rings. The summed E-state index contributed by atoms with van der Waals surface area (Å²) in [5.41, 5.74) is 0. The van der Waals surface area contributed by atoms with Crippen molar-refractivity contribution in [3.8, 4) is 0 Å². The van der Waals surface area contributed by atoms with E-state index in [1.54, 1.807) is 0 Å². The summed E-state index contributed by atoms with van der Waals surface area (Å²) in [4.78, 5) is 140. The van der Waals surface area contributed by atoms with Gasteiger partial charge in [0.2, 0.25) is 0 Å². The Balaban J connectivity index is -0.0000000711. The van der Waals surface area contributed by atoms with Crippen LogP contribution in [-0.4, -0.2) is 151 Å². The van der Waals surface area contributed by atoms with Crippen LogP contribution < -0.4 is 0 Å². The molecule has 42 heavy (non-hydrogen) atoms. The zero-order valence-electron chi connectivity index (χ0n) is 19.5. The van der Waals surface area contributed by atoms with E-state index in [0.29, 0.717) is 0 Å². The van der Waals surface area contributed by atoms with Gasteiger partial charge >= 0.3 is 46.9 Å². The summed E-state index contributed by atoms with van der Waals surface area (Å²) in [5.74, 6) is -1.00. The van der Waals surface area contributed by atoms with Crippen LogP contribution >= 0.6 is 46.9 Å². The van der Waals surface area contributed by atoms with Crippen molar-refractivity contribution in [2.24, 2.45) is 0 Å². The first kappa shape index (κ1) is 57.8. The topological polar surface area (TPSA) is 585 Å². The third-order valence-corrected chi connectivity index (χ3v) is 1.39. The molecule has 0 aromatic heterocycles. The fourth-order valence-corrected chi connectivity index (χ4v) is 0.602. The van der Waals surface area contributed by atoms with Gasteiger partial charge in [-0.15, -0.1) is 0 Å². The third kappa shape index (κ3) is 236. The van der Waals surface area contributed by atoms with Gasteiger partial charge in [0.1, 0.15) is 24.9 Å². The van der Waals surface area contributed by atoms with Gasteiger partial charge in [0.15, 0.2) is 5.78 Å². The van der Waals surface area contributed by atoms with E-state index in [4.69, 9.17) is 141 Å². The molecule has 0 radical (unpaired) electrons. The number of hydrogen-bond acceptors (Lipinski definition) is 12. The highest BCUT2D eigenvalue weighted by Gasteiger charge is 2.28. The van der Waals surface area contributed by atoms with E-state index in [2.05, 4.69) is 0 Å². The summed E-state index contributed by atoms with van der Waals surface area (Å²) in [6, 6.07) is 0. The highest BCUT2D eigenvalue weighted by Crippen LogP contribution is 2.27. The Morgan fingerprint density at radius 1 is 0.429 bits per heavy atom. The summed E-state index contributed by atoms with van der Waals surface area (Å²) in [5, 5.41) is 43.1. The lowest BCUT2D eigenvalue weighted by atomic mass is 10.1. The minimum Gasteiger partial charge on any atom is -0.394 e. The molecular formula is C6H30O30P6. The van der Waals surface area contributed by atoms with Gasteiger partial charge in [-0.05, 0) is 0 Å². The van der Waals surface area contributed by atoms with Gasteiger partial charge in [-0.1, -0.05) is 0 Å². The van der Waals surface area contributed by atoms with Crippen LogP contribution in [0.2, 0.25) is 0 Å². The van der Waals surface area contributed by atoms with Crippen LogP contribution in [0.1, 0.15) is 0 Å². The zero-order valence-corrected chi connectivity index (χ0v) is 24.8. The lowest BCUT2D eigenvalue weighted by Crippen LogP contribution is -2.44. The smallest absolute Gasteiger partial charge is 0.394 e. The lowest BCUT2D eigenvalue weighted by molar-refractivity contribution is -0.142. The fourth-order valence-electron chi connectivity index (χ4n) is 0.602. The average Bonchev–Trinajstić information content (AvgIpc) is 2.57. The van der Waals surface area contributed by atoms with Crippen LogP contribution in [-0.2, 0) is 32.2 Å². The molecular weight excluding hydrogens is 738 g/mol. The number of Topliss-reactive ketones (excluding diaryl/α,β-unsaturated/α-hetero) is 1. The molecule has 3 atom stereocenters. The van der Waals surface area contributed by atoms with Crippen molar-refractivity contribution in [3.05, 3.63) is 0 Å². The van der Waals surface area contributed by atoms with E-state index >= 15 is 0 Å². The molecule has 0 spiro atoms. The number of carbonyl (C=O) groups excluding carboxylic acids is 1. The number of rotatable bonds is 5. The van der Waals surface area contributed by atoms with Crippen LogP contribution in [0.25, 0.3) is 0 Å². The Morgan fingerprint density at radius 3 is 0.667 bits per heavy atom. The van der Waals surface area contributed by atoms with Gasteiger partial charge in [0, 0.05) is 0 Å². The lowest BCUT2D eigenvalue weighted by Gasteiger charge is -2.19. The molecule has 0 amide bonds. The maximum atomic E-state index is 10.5. The number of phosphoric acid groups is 6. The molecule has 0 aliphatic carbocycles. The third-order valence-electron chi connectivity index (χ3n) is 1.39. The highest BCUT2D eigenvalue weighted by atomic mass is 31.2. The summed E-state index contributed by atoms with van der Waals surface area (Å²) < 4.78 is 53.3. The first-order chi connectivity index (χ1) is 17.5. The first-order valence-corrected chi connectivity index (χ1v) is 17.4. The second-order valence-corrected chi connectivity index (χ2v) is 11.5. The van der Waals surface area contributed by atoms with Crippen molar-refractivity contribution < 1.29 is 146 Å². The Kier molecular flexibility index (Phi) is 36.2. The number of carbonyl (C=O) groups is 1. The molecule has 0 aliphatic heterocycles. The largest absolute Gasteiger partial charge is 0.466 e. The van der Waals surface area contributed by atoms with Crippen LogP contribution in [0.4, 0.5) is 0 Å². The zero-order chi connectivity index (χ0) is 36.7. The van der Waals surface area contributed by atoms with Crippen molar-refractivity contribution in [3.63, 3.8) is 0 Å². The minimum absolute atomic E-state index is 0.767. The van der Waals surface area contributed by atoms with Crippen LogP contribution in [0, 0.1) is 0 Å². The standard InChI is InChI=1S/C6H12O6.6H3O4P/c7-1-3(9)5(11)6(12)4(10)2-8;6*1-5(2,3)4/h3,5-9,11-12H,1-2H2;6*(H3,1,2,3,4). The van der Waals surface area contributed by atoms with Gasteiger partial charge in [0.25, 0.3) is 0 Å². The second kappa shape index (κ2) is 26.4. The van der Waals surface area contributed by atoms with Gasteiger partial charge < -0.3 is 114 Å². The molecule has 0 saturated heterocycles. The van der Waals surface area contributed by atoms with E-state index < -0.39 is 84.2 Å². The summed E-state index contributed by atoms with van der Waals surface area (Å²) in [6.07, 6.45) is -5.22. The fraction of sp³-hybridized carbons (Fsp3) is 0.833. The van der Waals surface area contributed by atoms with Crippen molar-refractivity contribution in [1.29, 1.82) is 0 Å². The Bertz CT molecular complexity index is 733. The maximum absolute atomic E-state index is 10.5. The van der Waals surface area contributed by atoms with E-state index in [0.717, 1.165) is 0 Å². The number of aliphatic hydroxyl groups is 5. The molecule has 0 bridgehead atoms. The number of hydrogen-bond donors (Lipinski definition) is 23. The van der Waals surface area contributed by atoms with Crippen molar-refractivity contribution in [2.45, 2.75) is 18.3 Å². The van der Waals surface area contributed by atoms with Gasteiger partial charge in [0.05, 0.1) is 6.61 Å². The van der Waals surface area contributed by atoms with Crippen molar-refractivity contribution in [2.75, 3.05) is 13.2 Å². The van der Waals surface area contributed by atoms with Crippen LogP contribution in [0.15, 0.2) is 0 Å². The molecule has 30 nitrogen and oxygen atoms in total. The summed E-state index contributed by atoms with van der Waals surface area (Å²) in [6.45, 7) is -1.69. The molecule has 0 saturated carbocycles. The Labute approximate surface area is 230 Å². The molecule has 0 heterocycles. The number of ketones is 1. The molecule has 23 N–H and O–H groups in total. The molecule has 36 heteroatoms. The monoisotopic (exact) mass is 768 g/mol. The van der Waals surface area contributed by atoms with Gasteiger partial charge in [-0.25, -0.2) is 27.4 Å². The Hall–Kier alpha value is 0.130. The van der Waals surface area contributed by atoms with Gasteiger partial charge in [-0.3, -0.25) is 4.79 Å². The Morgan fingerprint density at radius 2 is 0.571 bits per heavy atom. The van der Waals surface area contributed by atoms with Crippen molar-refractivity contribution >= 4 is 52.7 Å². The SMILES string of the molecule is O=C(CO)C(O)C(O)C(O)CO.O=P(O)(O)O.O=P(O)(O)O.O=P(O)(O)O.O=P(O)(O)O.O=P(O)(O)O.O=P(O)(O)O. The summed E-state index contributed by atoms with van der Waals surface area (Å²) >= 11 is 0. The predicted molar refractivity (Wildman–Crippen MR) is 123 cm³/mol. The normalized spacial score (nSPS) is 13.7. The highest BCUT2D eigenvalue weighted by molar-refractivity contribution is 7.46. The van der Waals surface area contributed by atoms with E-state index in [1.807, 2.05) is 0 Å². The van der Waals surface area contributed by atoms with Crippen LogP contribution in [0.5, 0.6) is 0 Å². The maximum Gasteiger partial charge on any atom is 0.466 e. The van der Waals surface area contributed by atoms with E-state index in [9.17, 15) is 4.79 Å². The second-order valence-electron chi connectivity index (χ2n) is 5.39. The predicted octanol–water partition coefficient (Wildman–Crippen LogP) is -8.95. The molecule has 0 aromatic rings. The molecule has 0 aromatic carbocycles. The van der Waals surface area contributed by atoms with Crippen molar-refractivity contribution in [1.82, 2.24) is 0 Å². The minimum atomic E-state index is -4.64. The van der Waals surface area contributed by atoms with E-state index in [1.165, 1.54) is 0 Å². The number of aliphatic hydroxyl groups excluding tert-OH is 5. The molecule has 0 aliphatic rings. The average molecular weight is 768 g/mol.